The molecule has 1 unspecified atom stereocenters. The Morgan fingerprint density at radius 1 is 1.44 bits per heavy atom. The van der Waals surface area contributed by atoms with Crippen molar-refractivity contribution >= 4 is 17.3 Å². The molecule has 100 valence electrons. The lowest BCUT2D eigenvalue weighted by Crippen LogP contribution is -2.14. The van der Waals surface area contributed by atoms with Crippen LogP contribution in [0.4, 0.5) is 11.4 Å². The number of anilines is 2. The summed E-state index contributed by atoms with van der Waals surface area (Å²) in [6, 6.07) is 6.12. The van der Waals surface area contributed by atoms with Crippen LogP contribution in [0.15, 0.2) is 18.2 Å². The first kappa shape index (κ1) is 14.4. The molecule has 0 saturated carbocycles. The molecule has 0 aliphatic rings. The fourth-order valence-corrected chi connectivity index (χ4v) is 1.86. The first-order chi connectivity index (χ1) is 8.56. The number of rotatable bonds is 6. The zero-order chi connectivity index (χ0) is 13.5. The van der Waals surface area contributed by atoms with Crippen molar-refractivity contribution in [3.05, 3.63) is 18.2 Å². The Morgan fingerprint density at radius 2 is 2.17 bits per heavy atom. The van der Waals surface area contributed by atoms with Crippen LogP contribution < -0.4 is 15.4 Å². The molecule has 1 rings (SSSR count). The van der Waals surface area contributed by atoms with Gasteiger partial charge in [-0.3, -0.25) is 4.79 Å². The molecule has 1 amide bonds. The Bertz CT molecular complexity index is 405. The molecular weight excluding hydrogens is 228 g/mol. The van der Waals surface area contributed by atoms with Crippen LogP contribution in [-0.4, -0.2) is 19.1 Å². The Balaban J connectivity index is 2.81. The van der Waals surface area contributed by atoms with E-state index in [1.807, 2.05) is 18.2 Å². The molecule has 0 bridgehead atoms. The Kier molecular flexibility index (Phi) is 5.49. The minimum atomic E-state index is -0.103. The second-order valence-electron chi connectivity index (χ2n) is 4.43. The Labute approximate surface area is 109 Å². The molecule has 4 heteroatoms. The summed E-state index contributed by atoms with van der Waals surface area (Å²) in [5.74, 6) is 0.562. The maximum absolute atomic E-state index is 11.0. The van der Waals surface area contributed by atoms with Crippen LogP contribution in [0.2, 0.25) is 0 Å². The fourth-order valence-electron chi connectivity index (χ4n) is 1.86. The highest BCUT2D eigenvalue weighted by atomic mass is 16.5. The van der Waals surface area contributed by atoms with Crippen molar-refractivity contribution in [3.63, 3.8) is 0 Å². The lowest BCUT2D eigenvalue weighted by atomic mass is 10.1. The van der Waals surface area contributed by atoms with E-state index in [2.05, 4.69) is 24.5 Å². The van der Waals surface area contributed by atoms with E-state index in [-0.39, 0.29) is 5.91 Å². The van der Waals surface area contributed by atoms with Gasteiger partial charge in [-0.2, -0.15) is 0 Å². The second-order valence-corrected chi connectivity index (χ2v) is 4.43. The summed E-state index contributed by atoms with van der Waals surface area (Å²) in [5.41, 5.74) is 1.69. The normalized spacial score (nSPS) is 11.8. The van der Waals surface area contributed by atoms with Crippen LogP contribution in [0.1, 0.15) is 33.6 Å². The number of amides is 1. The van der Waals surface area contributed by atoms with E-state index < -0.39 is 0 Å². The third kappa shape index (κ3) is 4.28. The minimum Gasteiger partial charge on any atom is -0.494 e. The number of ether oxygens (including phenoxy) is 1. The molecule has 0 spiro atoms. The van der Waals surface area contributed by atoms with E-state index in [1.165, 1.54) is 6.92 Å². The van der Waals surface area contributed by atoms with E-state index >= 15 is 0 Å². The minimum absolute atomic E-state index is 0.103. The van der Waals surface area contributed by atoms with E-state index in [0.29, 0.717) is 17.5 Å². The largest absolute Gasteiger partial charge is 0.494 e. The first-order valence-corrected chi connectivity index (χ1v) is 6.29. The van der Waals surface area contributed by atoms with Gasteiger partial charge < -0.3 is 15.4 Å². The van der Waals surface area contributed by atoms with Crippen molar-refractivity contribution in [1.29, 1.82) is 0 Å². The van der Waals surface area contributed by atoms with E-state index in [0.717, 1.165) is 18.5 Å². The van der Waals surface area contributed by atoms with Gasteiger partial charge in [0.05, 0.1) is 12.8 Å². The second kappa shape index (κ2) is 6.89. The third-order valence-corrected chi connectivity index (χ3v) is 2.65. The molecule has 0 aliphatic heterocycles. The van der Waals surface area contributed by atoms with Gasteiger partial charge in [0, 0.05) is 24.7 Å². The van der Waals surface area contributed by atoms with Crippen LogP contribution in [0, 0.1) is 0 Å². The number of carbonyl (C=O) groups excluding carboxylic acids is 1. The highest BCUT2D eigenvalue weighted by molar-refractivity contribution is 5.90. The maximum atomic E-state index is 11.0. The van der Waals surface area contributed by atoms with Crippen molar-refractivity contribution in [2.24, 2.45) is 0 Å². The van der Waals surface area contributed by atoms with Gasteiger partial charge in [0.1, 0.15) is 5.75 Å². The number of methoxy groups -OCH3 is 1. The highest BCUT2D eigenvalue weighted by Crippen LogP contribution is 2.28. The summed E-state index contributed by atoms with van der Waals surface area (Å²) in [6.07, 6.45) is 2.27. The van der Waals surface area contributed by atoms with E-state index in [9.17, 15) is 4.79 Å². The van der Waals surface area contributed by atoms with Gasteiger partial charge in [-0.25, -0.2) is 0 Å². The molecule has 18 heavy (non-hydrogen) atoms. The highest BCUT2D eigenvalue weighted by Gasteiger charge is 2.07. The number of carbonyl (C=O) groups is 1. The molecule has 2 N–H and O–H groups in total. The average Bonchev–Trinajstić information content (AvgIpc) is 2.30. The number of hydrogen-bond donors (Lipinski definition) is 2. The van der Waals surface area contributed by atoms with Crippen LogP contribution in [0.5, 0.6) is 5.75 Å². The quantitative estimate of drug-likeness (QED) is 0.814. The predicted octanol–water partition coefficient (Wildman–Crippen LogP) is 3.25. The van der Waals surface area contributed by atoms with Crippen molar-refractivity contribution in [3.8, 4) is 5.75 Å². The third-order valence-electron chi connectivity index (χ3n) is 2.65. The zero-order valence-electron chi connectivity index (χ0n) is 11.5. The molecule has 1 atom stereocenters. The Hall–Kier alpha value is -1.71. The fraction of sp³-hybridized carbons (Fsp3) is 0.500. The van der Waals surface area contributed by atoms with Crippen LogP contribution >= 0.6 is 0 Å². The molecule has 0 fully saturated rings. The smallest absolute Gasteiger partial charge is 0.221 e. The van der Waals surface area contributed by atoms with Gasteiger partial charge >= 0.3 is 0 Å². The maximum Gasteiger partial charge on any atom is 0.221 e. The van der Waals surface area contributed by atoms with Gasteiger partial charge in [-0.05, 0) is 25.5 Å². The molecule has 0 heterocycles. The summed E-state index contributed by atoms with van der Waals surface area (Å²) < 4.78 is 5.27. The molecule has 0 aromatic heterocycles. The van der Waals surface area contributed by atoms with E-state index in [4.69, 9.17) is 4.74 Å². The van der Waals surface area contributed by atoms with Gasteiger partial charge in [0.15, 0.2) is 0 Å². The SMILES string of the molecule is CCCC(C)Nc1ccc(NC(C)=O)c(OC)c1. The molecule has 0 saturated heterocycles. The summed E-state index contributed by atoms with van der Waals surface area (Å²) in [6.45, 7) is 5.80. The first-order valence-electron chi connectivity index (χ1n) is 6.29. The van der Waals surface area contributed by atoms with Crippen molar-refractivity contribution < 1.29 is 9.53 Å². The van der Waals surface area contributed by atoms with Crippen molar-refractivity contribution in [1.82, 2.24) is 0 Å². The molecular formula is C14H22N2O2. The predicted molar refractivity (Wildman–Crippen MR) is 75.3 cm³/mol. The van der Waals surface area contributed by atoms with Gasteiger partial charge in [0.25, 0.3) is 0 Å². The van der Waals surface area contributed by atoms with Gasteiger partial charge in [0.2, 0.25) is 5.91 Å². The lowest BCUT2D eigenvalue weighted by molar-refractivity contribution is -0.114. The number of hydrogen-bond acceptors (Lipinski definition) is 3. The average molecular weight is 250 g/mol. The van der Waals surface area contributed by atoms with Crippen LogP contribution in [-0.2, 0) is 4.79 Å². The van der Waals surface area contributed by atoms with Crippen molar-refractivity contribution in [2.45, 2.75) is 39.7 Å². The summed E-state index contributed by atoms with van der Waals surface area (Å²) in [7, 11) is 1.60. The zero-order valence-corrected chi connectivity index (χ0v) is 11.5. The van der Waals surface area contributed by atoms with Gasteiger partial charge in [-0.15, -0.1) is 0 Å². The molecule has 4 nitrogen and oxygen atoms in total. The topological polar surface area (TPSA) is 50.4 Å². The molecule has 1 aromatic rings. The number of benzene rings is 1. The molecule has 0 aliphatic carbocycles. The Morgan fingerprint density at radius 3 is 2.72 bits per heavy atom. The molecule has 0 radical (unpaired) electrons. The standard InChI is InChI=1S/C14H22N2O2/c1-5-6-10(2)15-12-7-8-13(16-11(3)17)14(9-12)18-4/h7-10,15H,5-6H2,1-4H3,(H,16,17). The summed E-state index contributed by atoms with van der Waals surface area (Å²) in [4.78, 5) is 11.0. The van der Waals surface area contributed by atoms with E-state index in [1.54, 1.807) is 7.11 Å². The van der Waals surface area contributed by atoms with Gasteiger partial charge in [-0.1, -0.05) is 13.3 Å². The summed E-state index contributed by atoms with van der Waals surface area (Å²) >= 11 is 0. The molecule has 1 aromatic carbocycles. The monoisotopic (exact) mass is 250 g/mol. The van der Waals surface area contributed by atoms with Crippen LogP contribution in [0.25, 0.3) is 0 Å². The lowest BCUT2D eigenvalue weighted by Gasteiger charge is -2.16. The van der Waals surface area contributed by atoms with Crippen molar-refractivity contribution in [2.75, 3.05) is 17.7 Å². The van der Waals surface area contributed by atoms with Crippen LogP contribution in [0.3, 0.4) is 0 Å². The number of nitrogens with one attached hydrogen (secondary N) is 2. The summed E-state index contributed by atoms with van der Waals surface area (Å²) in [5, 5.41) is 6.14.